The molecule has 1 aliphatic heterocycles. The average Bonchev–Trinajstić information content (AvgIpc) is 3.12. The van der Waals surface area contributed by atoms with E-state index in [0.29, 0.717) is 11.0 Å². The largest absolute Gasteiger partial charge is 0.480 e. The SMILES string of the molecule is O=C(O)COC1(c2cccnc2Br)CN(C(=O)OCc2ccccc2)C2(CCCCC2)C1. The quantitative estimate of drug-likeness (QED) is 0.565. The number of ether oxygens (including phenoxy) is 2. The van der Waals surface area contributed by atoms with Crippen LogP contribution in [0.1, 0.15) is 49.7 Å². The van der Waals surface area contributed by atoms with Gasteiger partial charge in [-0.3, -0.25) is 4.90 Å². The van der Waals surface area contributed by atoms with Crippen molar-refractivity contribution >= 4 is 28.0 Å². The summed E-state index contributed by atoms with van der Waals surface area (Å²) in [5, 5.41) is 9.33. The van der Waals surface area contributed by atoms with Gasteiger partial charge in [0.2, 0.25) is 0 Å². The summed E-state index contributed by atoms with van der Waals surface area (Å²) in [6.07, 6.45) is 6.59. The monoisotopic (exact) mass is 502 g/mol. The predicted octanol–water partition coefficient (Wildman–Crippen LogP) is 4.89. The molecule has 7 nitrogen and oxygen atoms in total. The summed E-state index contributed by atoms with van der Waals surface area (Å²) in [5.74, 6) is -1.05. The Morgan fingerprint density at radius 3 is 2.53 bits per heavy atom. The molecule has 8 heteroatoms. The molecule has 4 rings (SSSR count). The van der Waals surface area contributed by atoms with Crippen LogP contribution in [0.4, 0.5) is 4.79 Å². The number of pyridine rings is 1. The molecule has 0 radical (unpaired) electrons. The zero-order chi connectivity index (χ0) is 22.6. The number of carbonyl (C=O) groups is 2. The molecule has 170 valence electrons. The fourth-order valence-electron chi connectivity index (χ4n) is 5.10. The van der Waals surface area contributed by atoms with Gasteiger partial charge in [0.1, 0.15) is 23.4 Å². The molecule has 2 fully saturated rings. The zero-order valence-electron chi connectivity index (χ0n) is 17.8. The molecule has 1 unspecified atom stereocenters. The van der Waals surface area contributed by atoms with Crippen LogP contribution in [0.2, 0.25) is 0 Å². The van der Waals surface area contributed by atoms with Crippen LogP contribution in [-0.4, -0.2) is 45.7 Å². The smallest absolute Gasteiger partial charge is 0.410 e. The molecule has 1 aromatic heterocycles. The van der Waals surface area contributed by atoms with E-state index in [9.17, 15) is 14.7 Å². The van der Waals surface area contributed by atoms with E-state index < -0.39 is 29.8 Å². The summed E-state index contributed by atoms with van der Waals surface area (Å²) in [4.78, 5) is 30.9. The molecule has 1 spiro atoms. The Balaban J connectivity index is 1.66. The Morgan fingerprint density at radius 1 is 1.09 bits per heavy atom. The first-order valence-corrected chi connectivity index (χ1v) is 11.7. The van der Waals surface area contributed by atoms with Crippen LogP contribution in [-0.2, 0) is 26.5 Å². The number of halogens is 1. The second kappa shape index (κ2) is 9.58. The van der Waals surface area contributed by atoms with Crippen molar-refractivity contribution in [1.29, 1.82) is 0 Å². The summed E-state index contributed by atoms with van der Waals surface area (Å²) in [6, 6.07) is 13.3. The Morgan fingerprint density at radius 2 is 1.84 bits per heavy atom. The topological polar surface area (TPSA) is 89.0 Å². The maximum absolute atomic E-state index is 13.3. The highest BCUT2D eigenvalue weighted by Crippen LogP contribution is 2.52. The molecular formula is C24H27BrN2O5. The van der Waals surface area contributed by atoms with Crippen molar-refractivity contribution in [3.8, 4) is 0 Å². The van der Waals surface area contributed by atoms with Gasteiger partial charge in [0.05, 0.1) is 6.54 Å². The predicted molar refractivity (Wildman–Crippen MR) is 121 cm³/mol. The Bertz CT molecular complexity index is 964. The number of carboxylic acid groups (broad SMARTS) is 1. The number of hydrogen-bond donors (Lipinski definition) is 1. The molecule has 1 atom stereocenters. The summed E-state index contributed by atoms with van der Waals surface area (Å²) in [6.45, 7) is -0.0473. The Hall–Kier alpha value is -2.45. The van der Waals surface area contributed by atoms with Crippen LogP contribution in [0.15, 0.2) is 53.3 Å². The Labute approximate surface area is 195 Å². The summed E-state index contributed by atoms with van der Waals surface area (Å²) in [5.41, 5.74) is 0.264. The third kappa shape index (κ3) is 4.66. The molecule has 1 saturated carbocycles. The molecule has 32 heavy (non-hydrogen) atoms. The number of aliphatic carboxylic acids is 1. The third-order valence-corrected chi connectivity index (χ3v) is 7.16. The highest BCUT2D eigenvalue weighted by atomic mass is 79.9. The molecular weight excluding hydrogens is 476 g/mol. The second-order valence-electron chi connectivity index (χ2n) is 8.61. The Kier molecular flexibility index (Phi) is 6.81. The van der Waals surface area contributed by atoms with Crippen LogP contribution in [0.5, 0.6) is 0 Å². The molecule has 1 aromatic carbocycles. The summed E-state index contributed by atoms with van der Waals surface area (Å²) in [7, 11) is 0. The number of amides is 1. The van der Waals surface area contributed by atoms with Gasteiger partial charge in [-0.15, -0.1) is 0 Å². The minimum absolute atomic E-state index is 0.186. The highest BCUT2D eigenvalue weighted by Gasteiger charge is 2.58. The van der Waals surface area contributed by atoms with Gasteiger partial charge in [-0.1, -0.05) is 55.7 Å². The molecule has 1 N–H and O–H groups in total. The van der Waals surface area contributed by atoms with Crippen molar-refractivity contribution in [3.63, 3.8) is 0 Å². The molecule has 1 amide bonds. The normalized spacial score (nSPS) is 22.1. The number of rotatable bonds is 6. The lowest BCUT2D eigenvalue weighted by Crippen LogP contribution is -2.48. The molecule has 0 bridgehead atoms. The average molecular weight is 503 g/mol. The van der Waals surface area contributed by atoms with Crippen molar-refractivity contribution in [3.05, 3.63) is 64.4 Å². The number of carboxylic acids is 1. The number of carbonyl (C=O) groups excluding carboxylic acids is 1. The number of aromatic nitrogens is 1. The fraction of sp³-hybridized carbons (Fsp3) is 0.458. The standard InChI is InChI=1S/C24H27BrN2O5/c25-21-19(10-7-13-26-21)24(32-15-20(28)29)16-23(11-5-2-6-12-23)27(17-24)22(30)31-14-18-8-3-1-4-9-18/h1,3-4,7-10,13H,2,5-6,11-12,14-17H2,(H,28,29). The van der Waals surface area contributed by atoms with Crippen LogP contribution >= 0.6 is 15.9 Å². The summed E-state index contributed by atoms with van der Waals surface area (Å²) < 4.78 is 12.4. The van der Waals surface area contributed by atoms with Gasteiger partial charge in [0.15, 0.2) is 0 Å². The van der Waals surface area contributed by atoms with Crippen molar-refractivity contribution in [2.24, 2.45) is 0 Å². The van der Waals surface area contributed by atoms with E-state index in [1.54, 1.807) is 17.2 Å². The van der Waals surface area contributed by atoms with Crippen LogP contribution < -0.4 is 0 Å². The van der Waals surface area contributed by atoms with Crippen molar-refractivity contribution in [2.75, 3.05) is 13.2 Å². The van der Waals surface area contributed by atoms with Gasteiger partial charge >= 0.3 is 12.1 Å². The fourth-order valence-corrected chi connectivity index (χ4v) is 5.71. The van der Waals surface area contributed by atoms with Gasteiger partial charge in [-0.2, -0.15) is 0 Å². The van der Waals surface area contributed by atoms with E-state index in [0.717, 1.165) is 43.2 Å². The molecule has 1 aliphatic carbocycles. The second-order valence-corrected chi connectivity index (χ2v) is 9.36. The zero-order valence-corrected chi connectivity index (χ0v) is 19.4. The van der Waals surface area contributed by atoms with Crippen LogP contribution in [0.3, 0.4) is 0 Å². The van der Waals surface area contributed by atoms with Gasteiger partial charge in [0.25, 0.3) is 0 Å². The van der Waals surface area contributed by atoms with E-state index in [2.05, 4.69) is 20.9 Å². The maximum Gasteiger partial charge on any atom is 0.410 e. The molecule has 2 aromatic rings. The minimum Gasteiger partial charge on any atom is -0.480 e. The lowest BCUT2D eigenvalue weighted by molar-refractivity contribution is -0.150. The first kappa shape index (κ1) is 22.7. The van der Waals surface area contributed by atoms with E-state index in [1.807, 2.05) is 36.4 Å². The van der Waals surface area contributed by atoms with Crippen molar-refractivity contribution in [2.45, 2.75) is 56.3 Å². The lowest BCUT2D eigenvalue weighted by atomic mass is 9.76. The molecule has 2 aliphatic rings. The van der Waals surface area contributed by atoms with Gasteiger partial charge in [-0.25, -0.2) is 14.6 Å². The molecule has 1 saturated heterocycles. The van der Waals surface area contributed by atoms with Crippen LogP contribution in [0, 0.1) is 0 Å². The van der Waals surface area contributed by atoms with Gasteiger partial charge in [-0.05, 0) is 40.4 Å². The maximum atomic E-state index is 13.3. The van der Waals surface area contributed by atoms with E-state index >= 15 is 0 Å². The van der Waals surface area contributed by atoms with E-state index in [1.165, 1.54) is 0 Å². The van der Waals surface area contributed by atoms with E-state index in [-0.39, 0.29) is 13.2 Å². The van der Waals surface area contributed by atoms with Crippen molar-refractivity contribution in [1.82, 2.24) is 9.88 Å². The minimum atomic E-state index is -1.05. The number of benzene rings is 1. The highest BCUT2D eigenvalue weighted by molar-refractivity contribution is 9.10. The van der Waals surface area contributed by atoms with Crippen LogP contribution in [0.25, 0.3) is 0 Å². The van der Waals surface area contributed by atoms with E-state index in [4.69, 9.17) is 9.47 Å². The first-order valence-electron chi connectivity index (χ1n) is 10.9. The molecule has 2 heterocycles. The van der Waals surface area contributed by atoms with Gasteiger partial charge < -0.3 is 14.6 Å². The van der Waals surface area contributed by atoms with Gasteiger partial charge in [0, 0.05) is 23.7 Å². The lowest BCUT2D eigenvalue weighted by Gasteiger charge is -2.40. The number of likely N-dealkylation sites (tertiary alicyclic amines) is 1. The first-order chi connectivity index (χ1) is 15.4. The van der Waals surface area contributed by atoms with Crippen molar-refractivity contribution < 1.29 is 24.2 Å². The summed E-state index contributed by atoms with van der Waals surface area (Å²) >= 11 is 3.51. The number of hydrogen-bond acceptors (Lipinski definition) is 5. The third-order valence-electron chi connectivity index (χ3n) is 6.53. The number of nitrogens with zero attached hydrogens (tertiary/aromatic N) is 2.